The van der Waals surface area contributed by atoms with Gasteiger partial charge in [0.05, 0.1) is 5.75 Å². The summed E-state index contributed by atoms with van der Waals surface area (Å²) >= 11 is 0. The number of sulfonamides is 1. The number of hydrogen-bond donors (Lipinski definition) is 2. The molecule has 1 saturated carbocycles. The van der Waals surface area contributed by atoms with E-state index < -0.39 is 10.0 Å². The van der Waals surface area contributed by atoms with Crippen LogP contribution >= 0.6 is 0 Å². The van der Waals surface area contributed by atoms with Crippen molar-refractivity contribution < 1.29 is 8.42 Å². The van der Waals surface area contributed by atoms with Crippen LogP contribution in [-0.2, 0) is 22.3 Å². The summed E-state index contributed by atoms with van der Waals surface area (Å²) in [4.78, 5) is 0. The topological polar surface area (TPSA) is 72.2 Å². The van der Waals surface area contributed by atoms with E-state index in [2.05, 4.69) is 4.72 Å². The molecule has 1 fully saturated rings. The van der Waals surface area contributed by atoms with Crippen LogP contribution in [0.5, 0.6) is 0 Å². The third-order valence-electron chi connectivity index (χ3n) is 3.35. The van der Waals surface area contributed by atoms with Crippen LogP contribution in [0.25, 0.3) is 0 Å². The summed E-state index contributed by atoms with van der Waals surface area (Å²) < 4.78 is 26.9. The summed E-state index contributed by atoms with van der Waals surface area (Å²) in [5.74, 6) is 0.744. The van der Waals surface area contributed by atoms with Crippen molar-refractivity contribution in [2.75, 3.05) is 0 Å². The second-order valence-corrected chi connectivity index (χ2v) is 7.24. The van der Waals surface area contributed by atoms with Crippen LogP contribution in [0.2, 0.25) is 0 Å². The average molecular weight is 282 g/mol. The molecule has 1 atom stereocenters. The second-order valence-electron chi connectivity index (χ2n) is 5.48. The highest BCUT2D eigenvalue weighted by Crippen LogP contribution is 2.33. The first-order valence-electron chi connectivity index (χ1n) is 6.76. The van der Waals surface area contributed by atoms with E-state index in [1.807, 2.05) is 31.2 Å². The van der Waals surface area contributed by atoms with Gasteiger partial charge in [-0.05, 0) is 30.4 Å². The van der Waals surface area contributed by atoms with Gasteiger partial charge in [0, 0.05) is 12.6 Å². The van der Waals surface area contributed by atoms with Crippen molar-refractivity contribution in [2.24, 2.45) is 11.7 Å². The Labute approximate surface area is 115 Å². The molecule has 0 aromatic heterocycles. The largest absolute Gasteiger partial charge is 0.326 e. The molecule has 2 rings (SSSR count). The standard InChI is InChI=1S/C14H22N2O2S/c1-11(7-12-5-6-12)16-19(17,18)10-14-4-2-3-13(8-14)9-15/h2-4,8,11-12,16H,5-7,9-10,15H2,1H3. The van der Waals surface area contributed by atoms with Crippen LogP contribution < -0.4 is 10.5 Å². The molecule has 1 aliphatic rings. The molecular weight excluding hydrogens is 260 g/mol. The van der Waals surface area contributed by atoms with E-state index >= 15 is 0 Å². The molecule has 0 radical (unpaired) electrons. The minimum Gasteiger partial charge on any atom is -0.326 e. The molecule has 1 aromatic carbocycles. The Morgan fingerprint density at radius 1 is 1.37 bits per heavy atom. The van der Waals surface area contributed by atoms with Crippen LogP contribution in [-0.4, -0.2) is 14.5 Å². The van der Waals surface area contributed by atoms with Gasteiger partial charge >= 0.3 is 0 Å². The minimum absolute atomic E-state index is 0.0233. The molecule has 106 valence electrons. The number of nitrogens with one attached hydrogen (secondary N) is 1. The third-order valence-corrected chi connectivity index (χ3v) is 4.82. The van der Waals surface area contributed by atoms with Crippen molar-refractivity contribution in [1.29, 1.82) is 0 Å². The smallest absolute Gasteiger partial charge is 0.216 e. The fourth-order valence-electron chi connectivity index (χ4n) is 2.32. The predicted octanol–water partition coefficient (Wildman–Crippen LogP) is 1.75. The zero-order chi connectivity index (χ0) is 13.9. The normalized spacial score (nSPS) is 17.4. The zero-order valence-electron chi connectivity index (χ0n) is 11.3. The number of hydrogen-bond acceptors (Lipinski definition) is 3. The zero-order valence-corrected chi connectivity index (χ0v) is 12.1. The van der Waals surface area contributed by atoms with Gasteiger partial charge in [0.1, 0.15) is 0 Å². The Morgan fingerprint density at radius 3 is 2.68 bits per heavy atom. The van der Waals surface area contributed by atoms with Crippen LogP contribution in [0.1, 0.15) is 37.3 Å². The van der Waals surface area contributed by atoms with Crippen molar-refractivity contribution in [3.05, 3.63) is 35.4 Å². The molecule has 0 bridgehead atoms. The summed E-state index contributed by atoms with van der Waals surface area (Å²) in [5, 5.41) is 0. The van der Waals surface area contributed by atoms with Crippen LogP contribution in [0.15, 0.2) is 24.3 Å². The lowest BCUT2D eigenvalue weighted by molar-refractivity contribution is 0.529. The summed E-state index contributed by atoms with van der Waals surface area (Å²) in [7, 11) is -3.27. The molecule has 0 saturated heterocycles. The summed E-state index contributed by atoms with van der Waals surface area (Å²) in [6, 6.07) is 7.45. The fourth-order valence-corrected chi connectivity index (χ4v) is 3.73. The summed E-state index contributed by atoms with van der Waals surface area (Å²) in [5.41, 5.74) is 7.30. The maximum atomic E-state index is 12.1. The van der Waals surface area contributed by atoms with Crippen LogP contribution in [0.3, 0.4) is 0 Å². The molecule has 0 spiro atoms. The van der Waals surface area contributed by atoms with Gasteiger partial charge in [-0.15, -0.1) is 0 Å². The lowest BCUT2D eigenvalue weighted by Gasteiger charge is -2.14. The predicted molar refractivity (Wildman–Crippen MR) is 76.9 cm³/mol. The average Bonchev–Trinajstić information content (AvgIpc) is 3.11. The van der Waals surface area contributed by atoms with E-state index in [0.717, 1.165) is 23.5 Å². The van der Waals surface area contributed by atoms with E-state index in [0.29, 0.717) is 6.54 Å². The quantitative estimate of drug-likeness (QED) is 0.800. The molecule has 1 unspecified atom stereocenters. The van der Waals surface area contributed by atoms with Crippen molar-refractivity contribution in [3.63, 3.8) is 0 Å². The molecule has 0 heterocycles. The highest BCUT2D eigenvalue weighted by molar-refractivity contribution is 7.88. The Hall–Kier alpha value is -0.910. The second kappa shape index (κ2) is 6.03. The Balaban J connectivity index is 1.94. The first-order valence-corrected chi connectivity index (χ1v) is 8.41. The first kappa shape index (κ1) is 14.5. The van der Waals surface area contributed by atoms with Crippen molar-refractivity contribution in [3.8, 4) is 0 Å². The Kier molecular flexibility index (Phi) is 4.60. The maximum Gasteiger partial charge on any atom is 0.216 e. The van der Waals surface area contributed by atoms with Gasteiger partial charge in [-0.1, -0.05) is 37.1 Å². The highest BCUT2D eigenvalue weighted by atomic mass is 32.2. The van der Waals surface area contributed by atoms with Gasteiger partial charge in [-0.3, -0.25) is 0 Å². The molecule has 1 aromatic rings. The fraction of sp³-hybridized carbons (Fsp3) is 0.571. The van der Waals surface area contributed by atoms with Gasteiger partial charge in [-0.2, -0.15) is 0 Å². The van der Waals surface area contributed by atoms with Crippen molar-refractivity contribution in [2.45, 2.75) is 44.5 Å². The van der Waals surface area contributed by atoms with Gasteiger partial charge in [0.25, 0.3) is 0 Å². The molecule has 1 aliphatic carbocycles. The molecule has 3 N–H and O–H groups in total. The maximum absolute atomic E-state index is 12.1. The van der Waals surface area contributed by atoms with Gasteiger partial charge < -0.3 is 5.73 Å². The number of rotatable bonds is 7. The molecule has 19 heavy (non-hydrogen) atoms. The first-order chi connectivity index (χ1) is 8.98. The Bertz CT molecular complexity index is 524. The highest BCUT2D eigenvalue weighted by Gasteiger charge is 2.25. The molecule has 5 heteroatoms. The molecule has 4 nitrogen and oxygen atoms in total. The van der Waals surface area contributed by atoms with Crippen LogP contribution in [0, 0.1) is 5.92 Å². The van der Waals surface area contributed by atoms with Crippen molar-refractivity contribution >= 4 is 10.0 Å². The molecule has 0 aliphatic heterocycles. The number of nitrogens with two attached hydrogens (primary N) is 1. The van der Waals surface area contributed by atoms with Crippen molar-refractivity contribution in [1.82, 2.24) is 4.72 Å². The molecular formula is C14H22N2O2S. The lowest BCUT2D eigenvalue weighted by Crippen LogP contribution is -2.33. The van der Waals surface area contributed by atoms with E-state index in [-0.39, 0.29) is 11.8 Å². The summed E-state index contributed by atoms with van der Waals surface area (Å²) in [6.07, 6.45) is 3.43. The Morgan fingerprint density at radius 2 is 2.05 bits per heavy atom. The monoisotopic (exact) mass is 282 g/mol. The number of benzene rings is 1. The van der Waals surface area contributed by atoms with Gasteiger partial charge in [0.15, 0.2) is 0 Å². The van der Waals surface area contributed by atoms with E-state index in [1.165, 1.54) is 12.8 Å². The van der Waals surface area contributed by atoms with Gasteiger partial charge in [-0.25, -0.2) is 13.1 Å². The SMILES string of the molecule is CC(CC1CC1)NS(=O)(=O)Cc1cccc(CN)c1. The van der Waals surface area contributed by atoms with Crippen LogP contribution in [0.4, 0.5) is 0 Å². The van der Waals surface area contributed by atoms with E-state index in [4.69, 9.17) is 5.73 Å². The minimum atomic E-state index is -3.27. The lowest BCUT2D eigenvalue weighted by atomic mass is 10.1. The third kappa shape index (κ3) is 4.93. The van der Waals surface area contributed by atoms with E-state index in [1.54, 1.807) is 0 Å². The molecule has 0 amide bonds. The summed E-state index contributed by atoms with van der Waals surface area (Å²) in [6.45, 7) is 2.37. The van der Waals surface area contributed by atoms with E-state index in [9.17, 15) is 8.42 Å². The van der Waals surface area contributed by atoms with Gasteiger partial charge in [0.2, 0.25) is 10.0 Å².